The average Bonchev–Trinajstić information content (AvgIpc) is 2.75. The lowest BCUT2D eigenvalue weighted by molar-refractivity contribution is 0.190. The summed E-state index contributed by atoms with van der Waals surface area (Å²) in [5.74, 6) is 0. The molecule has 3 aromatic carbocycles. The van der Waals surface area contributed by atoms with Crippen molar-refractivity contribution in [1.29, 1.82) is 0 Å². The van der Waals surface area contributed by atoms with Crippen molar-refractivity contribution in [3.63, 3.8) is 0 Å². The number of likely N-dealkylation sites (tertiary alicyclic amines) is 1. The Balaban J connectivity index is 0.00000150. The van der Waals surface area contributed by atoms with E-state index < -0.39 is 0 Å². The van der Waals surface area contributed by atoms with E-state index in [-0.39, 0.29) is 24.8 Å². The van der Waals surface area contributed by atoms with Crippen molar-refractivity contribution in [2.45, 2.75) is 32.0 Å². The van der Waals surface area contributed by atoms with Crippen LogP contribution in [0.2, 0.25) is 0 Å². The summed E-state index contributed by atoms with van der Waals surface area (Å²) >= 11 is 0. The van der Waals surface area contributed by atoms with Gasteiger partial charge < -0.3 is 5.32 Å². The van der Waals surface area contributed by atoms with Crippen LogP contribution in [0.4, 0.5) is 0 Å². The Labute approximate surface area is 187 Å². The van der Waals surface area contributed by atoms with Crippen LogP contribution in [0.1, 0.15) is 24.0 Å². The minimum atomic E-state index is 0. The van der Waals surface area contributed by atoms with Gasteiger partial charge in [0.15, 0.2) is 0 Å². The zero-order valence-electron chi connectivity index (χ0n) is 16.7. The Bertz CT molecular complexity index is 814. The first-order chi connectivity index (χ1) is 13.4. The van der Waals surface area contributed by atoms with Gasteiger partial charge in [0.05, 0.1) is 0 Å². The third kappa shape index (κ3) is 6.87. The van der Waals surface area contributed by atoms with E-state index in [2.05, 4.69) is 95.1 Å². The largest absolute Gasteiger partial charge is 0.310 e. The molecule has 0 amide bonds. The second kappa shape index (κ2) is 12.0. The highest BCUT2D eigenvalue weighted by Crippen LogP contribution is 2.20. The van der Waals surface area contributed by atoms with E-state index in [1.54, 1.807) is 0 Å². The Hall–Kier alpha value is -1.84. The van der Waals surface area contributed by atoms with E-state index in [1.165, 1.54) is 48.2 Å². The minimum absolute atomic E-state index is 0. The standard InChI is InChI=1S/C25H28N2.2ClH/c1-3-7-22(8-4-1)20-27-17-15-25(16-18-27)26-19-21-11-13-24(14-12-21)23-9-5-2-6-10-23;;/h1-14,25-26H,15-20H2;2*1H. The Morgan fingerprint density at radius 3 is 1.83 bits per heavy atom. The Morgan fingerprint density at radius 2 is 1.21 bits per heavy atom. The molecule has 0 aromatic heterocycles. The van der Waals surface area contributed by atoms with Gasteiger partial charge in [-0.15, -0.1) is 24.8 Å². The normalized spacial score (nSPS) is 14.6. The minimum Gasteiger partial charge on any atom is -0.310 e. The number of halogens is 2. The summed E-state index contributed by atoms with van der Waals surface area (Å²) in [5, 5.41) is 3.75. The molecule has 0 atom stereocenters. The van der Waals surface area contributed by atoms with Crippen LogP contribution in [0.3, 0.4) is 0 Å². The van der Waals surface area contributed by atoms with Crippen molar-refractivity contribution in [3.8, 4) is 11.1 Å². The highest BCUT2D eigenvalue weighted by molar-refractivity contribution is 5.85. The van der Waals surface area contributed by atoms with Crippen LogP contribution in [0, 0.1) is 0 Å². The van der Waals surface area contributed by atoms with Gasteiger partial charge in [-0.2, -0.15) is 0 Å². The second-order valence-corrected chi connectivity index (χ2v) is 7.48. The van der Waals surface area contributed by atoms with Gasteiger partial charge in [-0.3, -0.25) is 4.90 Å². The van der Waals surface area contributed by atoms with Crippen molar-refractivity contribution in [2.24, 2.45) is 0 Å². The Kier molecular flexibility index (Phi) is 9.69. The van der Waals surface area contributed by atoms with E-state index in [9.17, 15) is 0 Å². The summed E-state index contributed by atoms with van der Waals surface area (Å²) in [6.07, 6.45) is 2.46. The van der Waals surface area contributed by atoms with Gasteiger partial charge >= 0.3 is 0 Å². The molecular formula is C25H30Cl2N2. The van der Waals surface area contributed by atoms with Crippen molar-refractivity contribution in [1.82, 2.24) is 10.2 Å². The molecular weight excluding hydrogens is 399 g/mol. The van der Waals surface area contributed by atoms with Gasteiger partial charge in [0, 0.05) is 19.1 Å². The third-order valence-corrected chi connectivity index (χ3v) is 5.49. The van der Waals surface area contributed by atoms with Gasteiger partial charge in [-0.1, -0.05) is 84.9 Å². The van der Waals surface area contributed by atoms with E-state index >= 15 is 0 Å². The molecule has 29 heavy (non-hydrogen) atoms. The van der Waals surface area contributed by atoms with E-state index in [4.69, 9.17) is 0 Å². The molecule has 1 aliphatic heterocycles. The fraction of sp³-hybridized carbons (Fsp3) is 0.280. The first-order valence-electron chi connectivity index (χ1n) is 10.0. The van der Waals surface area contributed by atoms with Crippen LogP contribution in [0.15, 0.2) is 84.9 Å². The number of hydrogen-bond acceptors (Lipinski definition) is 2. The van der Waals surface area contributed by atoms with Gasteiger partial charge in [0.2, 0.25) is 0 Å². The molecule has 3 aromatic rings. The number of piperidine rings is 1. The van der Waals surface area contributed by atoms with E-state index in [1.807, 2.05) is 0 Å². The number of nitrogens with zero attached hydrogens (tertiary/aromatic N) is 1. The fourth-order valence-electron chi connectivity index (χ4n) is 3.84. The van der Waals surface area contributed by atoms with Crippen molar-refractivity contribution < 1.29 is 0 Å². The molecule has 0 aliphatic carbocycles. The maximum absolute atomic E-state index is 3.75. The average molecular weight is 429 g/mol. The third-order valence-electron chi connectivity index (χ3n) is 5.49. The summed E-state index contributed by atoms with van der Waals surface area (Å²) in [4.78, 5) is 2.57. The molecule has 154 valence electrons. The van der Waals surface area contributed by atoms with Crippen molar-refractivity contribution >= 4 is 24.8 Å². The van der Waals surface area contributed by atoms with Crippen LogP contribution in [-0.4, -0.2) is 24.0 Å². The van der Waals surface area contributed by atoms with Gasteiger partial charge in [-0.05, 0) is 48.2 Å². The lowest BCUT2D eigenvalue weighted by atomic mass is 10.0. The number of nitrogens with one attached hydrogen (secondary N) is 1. The zero-order valence-corrected chi connectivity index (χ0v) is 18.3. The summed E-state index contributed by atoms with van der Waals surface area (Å²) in [5.41, 5.74) is 5.35. The van der Waals surface area contributed by atoms with E-state index in [0.29, 0.717) is 6.04 Å². The topological polar surface area (TPSA) is 15.3 Å². The highest BCUT2D eigenvalue weighted by Gasteiger charge is 2.18. The molecule has 2 nitrogen and oxygen atoms in total. The van der Waals surface area contributed by atoms with Crippen LogP contribution in [0.25, 0.3) is 11.1 Å². The lowest BCUT2D eigenvalue weighted by Crippen LogP contribution is -2.41. The van der Waals surface area contributed by atoms with Gasteiger partial charge in [0.25, 0.3) is 0 Å². The van der Waals surface area contributed by atoms with Crippen molar-refractivity contribution in [3.05, 3.63) is 96.1 Å². The molecule has 0 bridgehead atoms. The number of hydrogen-bond donors (Lipinski definition) is 1. The first kappa shape index (κ1) is 23.4. The molecule has 1 N–H and O–H groups in total. The molecule has 0 unspecified atom stereocenters. The smallest absolute Gasteiger partial charge is 0.0233 e. The molecule has 4 rings (SSSR count). The zero-order chi connectivity index (χ0) is 18.3. The fourth-order valence-corrected chi connectivity index (χ4v) is 3.84. The highest BCUT2D eigenvalue weighted by atomic mass is 35.5. The predicted molar refractivity (Wildman–Crippen MR) is 128 cm³/mol. The molecule has 1 aliphatic rings. The molecule has 0 radical (unpaired) electrons. The van der Waals surface area contributed by atoms with Gasteiger partial charge in [0.1, 0.15) is 0 Å². The molecule has 1 fully saturated rings. The second-order valence-electron chi connectivity index (χ2n) is 7.48. The van der Waals surface area contributed by atoms with Crippen LogP contribution >= 0.6 is 24.8 Å². The maximum atomic E-state index is 3.75. The first-order valence-corrected chi connectivity index (χ1v) is 10.0. The molecule has 4 heteroatoms. The van der Waals surface area contributed by atoms with Crippen LogP contribution in [0.5, 0.6) is 0 Å². The van der Waals surface area contributed by atoms with Crippen LogP contribution in [-0.2, 0) is 13.1 Å². The quantitative estimate of drug-likeness (QED) is 0.521. The number of benzene rings is 3. The Morgan fingerprint density at radius 1 is 0.655 bits per heavy atom. The summed E-state index contributed by atoms with van der Waals surface area (Å²) < 4.78 is 0. The SMILES string of the molecule is Cl.Cl.c1ccc(CN2CCC(NCc3ccc(-c4ccccc4)cc3)CC2)cc1. The number of rotatable bonds is 6. The predicted octanol–water partition coefficient (Wildman–Crippen LogP) is 5.95. The van der Waals surface area contributed by atoms with Crippen LogP contribution < -0.4 is 5.32 Å². The molecule has 0 spiro atoms. The van der Waals surface area contributed by atoms with Gasteiger partial charge in [-0.25, -0.2) is 0 Å². The maximum Gasteiger partial charge on any atom is 0.0233 e. The summed E-state index contributed by atoms with van der Waals surface area (Å²) in [7, 11) is 0. The summed E-state index contributed by atoms with van der Waals surface area (Å²) in [6, 6.07) is 31.0. The van der Waals surface area contributed by atoms with Crippen molar-refractivity contribution in [2.75, 3.05) is 13.1 Å². The van der Waals surface area contributed by atoms with E-state index in [0.717, 1.165) is 13.1 Å². The molecule has 1 saturated heterocycles. The summed E-state index contributed by atoms with van der Waals surface area (Å²) in [6.45, 7) is 4.39. The lowest BCUT2D eigenvalue weighted by Gasteiger charge is -2.32. The molecule has 0 saturated carbocycles. The molecule has 1 heterocycles. The monoisotopic (exact) mass is 428 g/mol.